The van der Waals surface area contributed by atoms with Gasteiger partial charge in [-0.2, -0.15) is 0 Å². The molecule has 6 nitrogen and oxygen atoms in total. The van der Waals surface area contributed by atoms with Crippen molar-refractivity contribution in [2.75, 3.05) is 33.0 Å². The number of amides is 2. The third-order valence-corrected chi connectivity index (χ3v) is 3.89. The van der Waals surface area contributed by atoms with Gasteiger partial charge in [0.05, 0.1) is 7.11 Å². The number of anilines is 1. The predicted molar refractivity (Wildman–Crippen MR) is 80.1 cm³/mol. The lowest BCUT2D eigenvalue weighted by Gasteiger charge is -2.31. The van der Waals surface area contributed by atoms with Crippen LogP contribution < -0.4 is 15.8 Å². The first-order valence-corrected chi connectivity index (χ1v) is 7.01. The van der Waals surface area contributed by atoms with Crippen LogP contribution in [0.25, 0.3) is 0 Å². The van der Waals surface area contributed by atoms with E-state index in [1.54, 1.807) is 30.1 Å². The van der Waals surface area contributed by atoms with Gasteiger partial charge in [-0.15, -0.1) is 0 Å². The van der Waals surface area contributed by atoms with E-state index in [9.17, 15) is 9.59 Å². The number of methoxy groups -OCH3 is 1. The summed E-state index contributed by atoms with van der Waals surface area (Å²) >= 11 is 0. The van der Waals surface area contributed by atoms with Crippen LogP contribution in [0.1, 0.15) is 23.2 Å². The van der Waals surface area contributed by atoms with E-state index < -0.39 is 0 Å². The van der Waals surface area contributed by atoms with Gasteiger partial charge in [0.25, 0.3) is 5.91 Å². The summed E-state index contributed by atoms with van der Waals surface area (Å²) in [4.78, 5) is 26.0. The van der Waals surface area contributed by atoms with Crippen molar-refractivity contribution in [2.45, 2.75) is 12.8 Å². The lowest BCUT2D eigenvalue weighted by atomic mass is 9.95. The van der Waals surface area contributed by atoms with Crippen molar-refractivity contribution in [3.8, 4) is 5.75 Å². The van der Waals surface area contributed by atoms with E-state index in [1.165, 1.54) is 7.11 Å². The number of hydrogen-bond acceptors (Lipinski definition) is 4. The maximum absolute atomic E-state index is 12.6. The third kappa shape index (κ3) is 3.09. The van der Waals surface area contributed by atoms with E-state index in [0.717, 1.165) is 0 Å². The Morgan fingerprint density at radius 1 is 1.33 bits per heavy atom. The van der Waals surface area contributed by atoms with Crippen molar-refractivity contribution in [1.82, 2.24) is 10.2 Å². The Bertz CT molecular complexity index is 537. The predicted octanol–water partition coefficient (Wildman–Crippen LogP) is 0.876. The maximum atomic E-state index is 12.6. The van der Waals surface area contributed by atoms with Crippen LogP contribution in [0.2, 0.25) is 0 Å². The number of nitrogens with one attached hydrogen (secondary N) is 1. The van der Waals surface area contributed by atoms with Gasteiger partial charge in [0.1, 0.15) is 11.3 Å². The van der Waals surface area contributed by atoms with E-state index in [2.05, 4.69) is 5.32 Å². The monoisotopic (exact) mass is 291 g/mol. The highest BCUT2D eigenvalue weighted by Crippen LogP contribution is 2.27. The SMILES string of the molecule is CNC(=O)C1CCN(C(=O)c2c(N)cccc2OC)CC1. The first-order valence-electron chi connectivity index (χ1n) is 7.01. The van der Waals surface area contributed by atoms with Gasteiger partial charge < -0.3 is 20.7 Å². The van der Waals surface area contributed by atoms with E-state index in [-0.39, 0.29) is 17.7 Å². The Morgan fingerprint density at radius 3 is 2.57 bits per heavy atom. The van der Waals surface area contributed by atoms with E-state index in [4.69, 9.17) is 10.5 Å². The van der Waals surface area contributed by atoms with Crippen molar-refractivity contribution >= 4 is 17.5 Å². The van der Waals surface area contributed by atoms with Gasteiger partial charge in [0.15, 0.2) is 0 Å². The normalized spacial score (nSPS) is 15.6. The molecule has 2 amide bonds. The van der Waals surface area contributed by atoms with Crippen molar-refractivity contribution in [3.63, 3.8) is 0 Å². The Kier molecular flexibility index (Phi) is 4.67. The maximum Gasteiger partial charge on any atom is 0.259 e. The molecule has 114 valence electrons. The minimum atomic E-state index is -0.139. The summed E-state index contributed by atoms with van der Waals surface area (Å²) in [5.41, 5.74) is 6.72. The molecule has 1 aromatic carbocycles. The zero-order valence-corrected chi connectivity index (χ0v) is 12.4. The molecule has 0 aromatic heterocycles. The average Bonchev–Trinajstić information content (AvgIpc) is 2.53. The largest absolute Gasteiger partial charge is 0.496 e. The highest BCUT2D eigenvalue weighted by molar-refractivity contribution is 6.02. The summed E-state index contributed by atoms with van der Waals surface area (Å²) in [5.74, 6) is 0.363. The van der Waals surface area contributed by atoms with Crippen LogP contribution in [0.5, 0.6) is 5.75 Å². The molecule has 0 radical (unpaired) electrons. The molecule has 3 N–H and O–H groups in total. The van der Waals surface area contributed by atoms with Crippen LogP contribution in [-0.4, -0.2) is 44.0 Å². The highest BCUT2D eigenvalue weighted by atomic mass is 16.5. The molecular weight excluding hydrogens is 270 g/mol. The second kappa shape index (κ2) is 6.47. The molecule has 0 atom stereocenters. The zero-order chi connectivity index (χ0) is 15.4. The van der Waals surface area contributed by atoms with Crippen LogP contribution in [0, 0.1) is 5.92 Å². The lowest BCUT2D eigenvalue weighted by Crippen LogP contribution is -2.42. The number of hydrogen-bond donors (Lipinski definition) is 2. The molecule has 0 saturated carbocycles. The average molecular weight is 291 g/mol. The third-order valence-electron chi connectivity index (χ3n) is 3.89. The molecule has 21 heavy (non-hydrogen) atoms. The van der Waals surface area contributed by atoms with Gasteiger partial charge >= 0.3 is 0 Å². The van der Waals surface area contributed by atoms with Crippen molar-refractivity contribution in [1.29, 1.82) is 0 Å². The fourth-order valence-corrected chi connectivity index (χ4v) is 2.65. The Hall–Kier alpha value is -2.24. The molecule has 1 aromatic rings. The fraction of sp³-hybridized carbons (Fsp3) is 0.467. The van der Waals surface area contributed by atoms with Gasteiger partial charge in [-0.1, -0.05) is 6.07 Å². The molecule has 0 unspecified atom stereocenters. The molecule has 2 rings (SSSR count). The fourth-order valence-electron chi connectivity index (χ4n) is 2.65. The highest BCUT2D eigenvalue weighted by Gasteiger charge is 2.29. The molecule has 0 aliphatic carbocycles. The number of likely N-dealkylation sites (tertiary alicyclic amines) is 1. The van der Waals surface area contributed by atoms with Crippen molar-refractivity contribution < 1.29 is 14.3 Å². The minimum absolute atomic E-state index is 0.0194. The van der Waals surface area contributed by atoms with Crippen LogP contribution in [0.3, 0.4) is 0 Å². The molecule has 0 spiro atoms. The van der Waals surface area contributed by atoms with Gasteiger partial charge in [-0.05, 0) is 25.0 Å². The summed E-state index contributed by atoms with van der Waals surface area (Å²) in [6, 6.07) is 5.16. The van der Waals surface area contributed by atoms with E-state index >= 15 is 0 Å². The van der Waals surface area contributed by atoms with Crippen LogP contribution in [0.4, 0.5) is 5.69 Å². The second-order valence-corrected chi connectivity index (χ2v) is 5.11. The molecule has 1 saturated heterocycles. The van der Waals surface area contributed by atoms with Gasteiger partial charge in [-0.3, -0.25) is 9.59 Å². The Morgan fingerprint density at radius 2 is 2.00 bits per heavy atom. The number of carbonyl (C=O) groups excluding carboxylic acids is 2. The first kappa shape index (κ1) is 15.2. The minimum Gasteiger partial charge on any atom is -0.496 e. The molecule has 1 aliphatic rings. The van der Waals surface area contributed by atoms with Crippen LogP contribution >= 0.6 is 0 Å². The molecule has 6 heteroatoms. The summed E-state index contributed by atoms with van der Waals surface area (Å²) in [7, 11) is 3.15. The van der Waals surface area contributed by atoms with Gasteiger partial charge in [0, 0.05) is 31.7 Å². The number of rotatable bonds is 3. The number of nitrogens with zero attached hydrogens (tertiary/aromatic N) is 1. The summed E-state index contributed by atoms with van der Waals surface area (Å²) in [6.45, 7) is 1.10. The number of nitrogen functional groups attached to an aromatic ring is 1. The van der Waals surface area contributed by atoms with Gasteiger partial charge in [0.2, 0.25) is 5.91 Å². The molecular formula is C15H21N3O3. The van der Waals surface area contributed by atoms with E-state index in [0.29, 0.717) is 42.9 Å². The quantitative estimate of drug-likeness (QED) is 0.810. The first-order chi connectivity index (χ1) is 10.1. The topological polar surface area (TPSA) is 84.7 Å². The standard InChI is InChI=1S/C15H21N3O3/c1-17-14(19)10-6-8-18(9-7-10)15(20)13-11(16)4-3-5-12(13)21-2/h3-5,10H,6-9,16H2,1-2H3,(H,17,19). The number of ether oxygens (including phenoxy) is 1. The molecule has 1 aliphatic heterocycles. The smallest absolute Gasteiger partial charge is 0.259 e. The number of piperidine rings is 1. The van der Waals surface area contributed by atoms with Crippen molar-refractivity contribution in [2.24, 2.45) is 5.92 Å². The second-order valence-electron chi connectivity index (χ2n) is 5.11. The van der Waals surface area contributed by atoms with Crippen LogP contribution in [-0.2, 0) is 4.79 Å². The summed E-state index contributed by atoms with van der Waals surface area (Å²) in [5, 5.41) is 2.66. The number of nitrogens with two attached hydrogens (primary N) is 1. The number of benzene rings is 1. The molecule has 0 bridgehead atoms. The molecule has 1 heterocycles. The van der Waals surface area contributed by atoms with Gasteiger partial charge in [-0.25, -0.2) is 0 Å². The Balaban J connectivity index is 2.11. The number of carbonyl (C=O) groups is 2. The van der Waals surface area contributed by atoms with E-state index in [1.807, 2.05) is 0 Å². The summed E-state index contributed by atoms with van der Waals surface area (Å²) in [6.07, 6.45) is 1.33. The molecule has 1 fully saturated rings. The van der Waals surface area contributed by atoms with Crippen molar-refractivity contribution in [3.05, 3.63) is 23.8 Å². The summed E-state index contributed by atoms with van der Waals surface area (Å²) < 4.78 is 5.22. The Labute approximate surface area is 124 Å². The van der Waals surface area contributed by atoms with Crippen LogP contribution in [0.15, 0.2) is 18.2 Å². The lowest BCUT2D eigenvalue weighted by molar-refractivity contribution is -0.125. The zero-order valence-electron chi connectivity index (χ0n) is 12.4.